The van der Waals surface area contributed by atoms with Gasteiger partial charge in [0.2, 0.25) is 5.75 Å². The van der Waals surface area contributed by atoms with E-state index in [4.69, 9.17) is 0 Å². The van der Waals surface area contributed by atoms with Gasteiger partial charge in [-0.2, -0.15) is 0 Å². The zero-order chi connectivity index (χ0) is 7.72. The van der Waals surface area contributed by atoms with Crippen LogP contribution in [0.5, 0.6) is 5.75 Å². The molecular formula is C6H2I3O. The van der Waals surface area contributed by atoms with E-state index in [1.807, 2.05) is 34.7 Å². The van der Waals surface area contributed by atoms with Gasteiger partial charge in [0.1, 0.15) is 0 Å². The zero-order valence-corrected chi connectivity index (χ0v) is 11.2. The van der Waals surface area contributed by atoms with Crippen molar-refractivity contribution >= 4 is 67.8 Å². The molecule has 0 spiro atoms. The van der Waals surface area contributed by atoms with Crippen molar-refractivity contribution in [1.29, 1.82) is 0 Å². The van der Waals surface area contributed by atoms with E-state index in [2.05, 4.69) is 45.2 Å². The van der Waals surface area contributed by atoms with Gasteiger partial charge >= 0.3 is 0 Å². The maximum absolute atomic E-state index is 11.2. The summed E-state index contributed by atoms with van der Waals surface area (Å²) in [4.78, 5) is 0. The normalized spacial score (nSPS) is 9.90. The minimum Gasteiger partial charge on any atom is -0.288 e. The molecule has 0 aliphatic heterocycles. The smallest absolute Gasteiger partial charge is 0.206 e. The summed E-state index contributed by atoms with van der Waals surface area (Å²) < 4.78 is 2.65. The molecule has 0 N–H and O–H groups in total. The highest BCUT2D eigenvalue weighted by Crippen LogP contribution is 2.29. The summed E-state index contributed by atoms with van der Waals surface area (Å²) >= 11 is 6.27. The topological polar surface area (TPSA) is 19.9 Å². The van der Waals surface area contributed by atoms with Gasteiger partial charge in [-0.05, 0) is 79.9 Å². The van der Waals surface area contributed by atoms with Crippen molar-refractivity contribution in [3.05, 3.63) is 22.8 Å². The molecule has 0 fully saturated rings. The molecule has 0 aliphatic carbocycles. The Morgan fingerprint density at radius 1 is 1.00 bits per heavy atom. The van der Waals surface area contributed by atoms with E-state index in [-0.39, 0.29) is 5.75 Å². The SMILES string of the molecule is [O]c1c(I)ccc(I)c1I. The molecule has 0 saturated carbocycles. The summed E-state index contributed by atoms with van der Waals surface area (Å²) in [6, 6.07) is 3.79. The van der Waals surface area contributed by atoms with Crippen molar-refractivity contribution in [2.75, 3.05) is 0 Å². The van der Waals surface area contributed by atoms with Crippen molar-refractivity contribution in [1.82, 2.24) is 0 Å². The molecule has 0 atom stereocenters. The van der Waals surface area contributed by atoms with Crippen LogP contribution < -0.4 is 0 Å². The Kier molecular flexibility index (Phi) is 3.48. The second-order valence-corrected chi connectivity index (χ2v) is 5.08. The molecule has 1 radical (unpaired) electrons. The molecular weight excluding hydrogens is 469 g/mol. The van der Waals surface area contributed by atoms with Crippen LogP contribution in [0, 0.1) is 10.7 Å². The van der Waals surface area contributed by atoms with Crippen LogP contribution in [0.3, 0.4) is 0 Å². The summed E-state index contributed by atoms with van der Waals surface area (Å²) in [5.74, 6) is 0.146. The second-order valence-electron chi connectivity index (χ2n) is 1.67. The van der Waals surface area contributed by atoms with E-state index < -0.39 is 0 Å². The highest BCUT2D eigenvalue weighted by molar-refractivity contribution is 14.1. The average Bonchev–Trinajstić information content (AvgIpc) is 1.93. The lowest BCUT2D eigenvalue weighted by Gasteiger charge is -1.97. The van der Waals surface area contributed by atoms with Gasteiger partial charge in [-0.1, -0.05) is 0 Å². The summed E-state index contributed by atoms with van der Waals surface area (Å²) in [6.07, 6.45) is 0. The lowest BCUT2D eigenvalue weighted by atomic mass is 10.3. The molecule has 1 rings (SSSR count). The molecule has 10 heavy (non-hydrogen) atoms. The Hall–Kier alpha value is 1.21. The Balaban J connectivity index is 3.34. The molecule has 0 saturated heterocycles. The van der Waals surface area contributed by atoms with Gasteiger partial charge in [0.25, 0.3) is 0 Å². The minimum absolute atomic E-state index is 0.146. The van der Waals surface area contributed by atoms with Crippen molar-refractivity contribution in [2.45, 2.75) is 0 Å². The van der Waals surface area contributed by atoms with Crippen LogP contribution >= 0.6 is 67.8 Å². The Morgan fingerprint density at radius 2 is 1.50 bits per heavy atom. The predicted octanol–water partition coefficient (Wildman–Crippen LogP) is 3.64. The number of hydrogen-bond acceptors (Lipinski definition) is 0. The molecule has 4 heteroatoms. The summed E-state index contributed by atoms with van der Waals surface area (Å²) in [7, 11) is 0. The molecule has 0 amide bonds. The lowest BCUT2D eigenvalue weighted by molar-refractivity contribution is 0.348. The first-order valence-electron chi connectivity index (χ1n) is 2.43. The minimum atomic E-state index is 0.146. The van der Waals surface area contributed by atoms with E-state index in [1.165, 1.54) is 0 Å². The lowest BCUT2D eigenvalue weighted by Crippen LogP contribution is -1.81. The van der Waals surface area contributed by atoms with Crippen LogP contribution in [0.25, 0.3) is 0 Å². The van der Waals surface area contributed by atoms with E-state index in [0.29, 0.717) is 0 Å². The van der Waals surface area contributed by atoms with Crippen LogP contribution in [0.2, 0.25) is 0 Å². The van der Waals surface area contributed by atoms with E-state index >= 15 is 0 Å². The van der Waals surface area contributed by atoms with Crippen LogP contribution in [-0.4, -0.2) is 0 Å². The fourth-order valence-corrected chi connectivity index (χ4v) is 2.37. The van der Waals surface area contributed by atoms with Gasteiger partial charge in [-0.3, -0.25) is 5.11 Å². The van der Waals surface area contributed by atoms with Gasteiger partial charge in [-0.15, -0.1) is 0 Å². The molecule has 0 bridgehead atoms. The van der Waals surface area contributed by atoms with Gasteiger partial charge in [0.15, 0.2) is 0 Å². The molecule has 1 nitrogen and oxygen atoms in total. The Morgan fingerprint density at radius 3 is 2.00 bits per heavy atom. The molecule has 0 aromatic heterocycles. The van der Waals surface area contributed by atoms with Crippen molar-refractivity contribution < 1.29 is 5.11 Å². The van der Waals surface area contributed by atoms with Gasteiger partial charge in [0, 0.05) is 3.57 Å². The van der Waals surface area contributed by atoms with Gasteiger partial charge in [-0.25, -0.2) is 0 Å². The first-order chi connectivity index (χ1) is 4.63. The number of hydrogen-bond donors (Lipinski definition) is 0. The maximum Gasteiger partial charge on any atom is 0.206 e. The monoisotopic (exact) mass is 471 g/mol. The third-order valence-electron chi connectivity index (χ3n) is 1.00. The summed E-state index contributed by atoms with van der Waals surface area (Å²) in [5.41, 5.74) is 0. The van der Waals surface area contributed by atoms with Gasteiger partial charge < -0.3 is 0 Å². The fourth-order valence-electron chi connectivity index (χ4n) is 0.508. The van der Waals surface area contributed by atoms with E-state index in [1.54, 1.807) is 0 Å². The van der Waals surface area contributed by atoms with Crippen molar-refractivity contribution in [3.8, 4) is 5.75 Å². The third-order valence-corrected chi connectivity index (χ3v) is 4.85. The largest absolute Gasteiger partial charge is 0.288 e. The first kappa shape index (κ1) is 9.30. The Labute approximate surface area is 100 Å². The highest BCUT2D eigenvalue weighted by Gasteiger charge is 2.07. The third kappa shape index (κ3) is 1.87. The van der Waals surface area contributed by atoms with Crippen LogP contribution in [0.1, 0.15) is 0 Å². The van der Waals surface area contributed by atoms with Crippen LogP contribution in [0.4, 0.5) is 0 Å². The summed E-state index contributed by atoms with van der Waals surface area (Å²) in [5, 5.41) is 11.2. The molecule has 53 valence electrons. The molecule has 0 aliphatic rings. The second kappa shape index (κ2) is 3.74. The van der Waals surface area contributed by atoms with E-state index in [0.717, 1.165) is 10.7 Å². The van der Waals surface area contributed by atoms with Crippen molar-refractivity contribution in [3.63, 3.8) is 0 Å². The quantitative estimate of drug-likeness (QED) is 0.408. The molecule has 0 heterocycles. The molecule has 0 unspecified atom stereocenters. The number of rotatable bonds is 0. The zero-order valence-electron chi connectivity index (χ0n) is 4.70. The van der Waals surface area contributed by atoms with Crippen molar-refractivity contribution in [2.24, 2.45) is 0 Å². The number of benzene rings is 1. The fraction of sp³-hybridized carbons (Fsp3) is 0. The highest BCUT2D eigenvalue weighted by atomic mass is 127. The number of halogens is 3. The molecule has 1 aromatic rings. The first-order valence-corrected chi connectivity index (χ1v) is 5.67. The molecule has 1 aromatic carbocycles. The van der Waals surface area contributed by atoms with Crippen LogP contribution in [-0.2, 0) is 5.11 Å². The van der Waals surface area contributed by atoms with Gasteiger partial charge in [0.05, 0.1) is 7.14 Å². The summed E-state index contributed by atoms with van der Waals surface area (Å²) in [6.45, 7) is 0. The predicted molar refractivity (Wildman–Crippen MR) is 64.7 cm³/mol. The average molecular weight is 471 g/mol. The van der Waals surface area contributed by atoms with Crippen LogP contribution in [0.15, 0.2) is 12.1 Å². The maximum atomic E-state index is 11.2. The van der Waals surface area contributed by atoms with E-state index in [9.17, 15) is 5.11 Å². The Bertz CT molecular complexity index is 232. The standard InChI is InChI=1S/C6H2I3O/c7-3-1-2-4(8)6(10)5(3)9/h1-2H.